The van der Waals surface area contributed by atoms with Gasteiger partial charge in [0, 0.05) is 37.8 Å². The zero-order valence-corrected chi connectivity index (χ0v) is 24.9. The van der Waals surface area contributed by atoms with Gasteiger partial charge in [0.2, 0.25) is 5.91 Å². The first kappa shape index (κ1) is 30.8. The molecule has 1 N–H and O–H groups in total. The van der Waals surface area contributed by atoms with E-state index in [0.717, 1.165) is 66.7 Å². The van der Waals surface area contributed by atoms with Crippen molar-refractivity contribution in [2.24, 2.45) is 0 Å². The first-order valence-corrected chi connectivity index (χ1v) is 14.8. The highest BCUT2D eigenvalue weighted by molar-refractivity contribution is 5.93. The molecule has 6 nitrogen and oxygen atoms in total. The molecule has 4 aromatic carbocycles. The fourth-order valence-corrected chi connectivity index (χ4v) is 5.43. The van der Waals surface area contributed by atoms with Gasteiger partial charge < -0.3 is 19.6 Å². The Labute approximate surface area is 249 Å². The summed E-state index contributed by atoms with van der Waals surface area (Å²) < 4.78 is 5.14. The molecule has 5 rings (SSSR count). The number of nitrogens with zero attached hydrogens (tertiary/aromatic N) is 2. The molecule has 1 atom stereocenters. The summed E-state index contributed by atoms with van der Waals surface area (Å²) in [5, 5.41) is 11.0. The number of benzene rings is 4. The van der Waals surface area contributed by atoms with Gasteiger partial charge in [0.25, 0.3) is 0 Å². The highest BCUT2D eigenvalue weighted by Gasteiger charge is 2.28. The van der Waals surface area contributed by atoms with Crippen LogP contribution in [0.2, 0.25) is 0 Å². The largest absolute Gasteiger partial charge is 0.497 e. The summed E-state index contributed by atoms with van der Waals surface area (Å²) in [6, 6.07) is 32.6. The quantitative estimate of drug-likeness (QED) is 0.233. The molecule has 0 saturated carbocycles. The maximum Gasteiger partial charge on any atom is 0.310 e. The van der Waals surface area contributed by atoms with E-state index in [1.54, 1.807) is 14.0 Å². The van der Waals surface area contributed by atoms with Crippen molar-refractivity contribution in [1.82, 2.24) is 4.90 Å². The number of carboxylic acids is 1. The Kier molecular flexibility index (Phi) is 11.1. The lowest BCUT2D eigenvalue weighted by molar-refractivity contribution is -0.138. The number of hydrogen-bond donors (Lipinski definition) is 1. The van der Waals surface area contributed by atoms with Crippen LogP contribution >= 0.6 is 0 Å². The SMILES string of the molecule is CCC(=O)N(c1ccccc1)C1CCN(CCc2ccccc2)CC1.COc1ccc2cc(C(C)C(=O)O)ccc2c1. The van der Waals surface area contributed by atoms with Gasteiger partial charge in [-0.2, -0.15) is 0 Å². The third-order valence-electron chi connectivity index (χ3n) is 8.03. The highest BCUT2D eigenvalue weighted by atomic mass is 16.5. The molecule has 1 unspecified atom stereocenters. The average molecular weight is 567 g/mol. The lowest BCUT2D eigenvalue weighted by atomic mass is 9.98. The van der Waals surface area contributed by atoms with Crippen LogP contribution in [-0.4, -0.2) is 54.7 Å². The average Bonchev–Trinajstić information content (AvgIpc) is 3.04. The molecule has 1 aliphatic heterocycles. The van der Waals surface area contributed by atoms with E-state index in [-0.39, 0.29) is 5.91 Å². The molecule has 1 heterocycles. The molecular weight excluding hydrogens is 524 g/mol. The summed E-state index contributed by atoms with van der Waals surface area (Å²) in [6.07, 6.45) is 3.76. The molecule has 0 spiro atoms. The van der Waals surface area contributed by atoms with Crippen molar-refractivity contribution in [2.45, 2.75) is 51.5 Å². The van der Waals surface area contributed by atoms with Crippen LogP contribution in [0.25, 0.3) is 10.8 Å². The number of fused-ring (bicyclic) bond motifs is 1. The van der Waals surface area contributed by atoms with Crippen molar-refractivity contribution >= 4 is 28.3 Å². The molecule has 220 valence electrons. The Hall–Kier alpha value is -4.16. The van der Waals surface area contributed by atoms with Crippen LogP contribution in [0.5, 0.6) is 5.75 Å². The van der Waals surface area contributed by atoms with Crippen LogP contribution in [0.4, 0.5) is 5.69 Å². The summed E-state index contributed by atoms with van der Waals surface area (Å²) >= 11 is 0. The zero-order chi connectivity index (χ0) is 29.9. The number of ether oxygens (including phenoxy) is 1. The second-order valence-corrected chi connectivity index (χ2v) is 10.8. The Morgan fingerprint density at radius 2 is 1.52 bits per heavy atom. The minimum absolute atomic E-state index is 0.230. The Balaban J connectivity index is 0.000000208. The van der Waals surface area contributed by atoms with Crippen molar-refractivity contribution in [3.63, 3.8) is 0 Å². The third kappa shape index (κ3) is 8.20. The zero-order valence-electron chi connectivity index (χ0n) is 24.9. The number of hydrogen-bond acceptors (Lipinski definition) is 4. The minimum Gasteiger partial charge on any atom is -0.497 e. The number of para-hydroxylation sites is 1. The number of carbonyl (C=O) groups is 2. The van der Waals surface area contributed by atoms with Crippen LogP contribution in [0, 0.1) is 0 Å². The van der Waals surface area contributed by atoms with E-state index in [9.17, 15) is 9.59 Å². The number of carboxylic acid groups (broad SMARTS) is 1. The van der Waals surface area contributed by atoms with Crippen LogP contribution in [-0.2, 0) is 16.0 Å². The fraction of sp³-hybridized carbons (Fsp3) is 0.333. The van der Waals surface area contributed by atoms with E-state index in [2.05, 4.69) is 47.4 Å². The van der Waals surface area contributed by atoms with Gasteiger partial charge in [0.05, 0.1) is 13.0 Å². The second-order valence-electron chi connectivity index (χ2n) is 10.8. The maximum absolute atomic E-state index is 12.5. The molecule has 6 heteroatoms. The molecule has 42 heavy (non-hydrogen) atoms. The first-order chi connectivity index (χ1) is 20.4. The van der Waals surface area contributed by atoms with Gasteiger partial charge in [-0.1, -0.05) is 79.7 Å². The summed E-state index contributed by atoms with van der Waals surface area (Å²) in [5.74, 6) is -0.259. The summed E-state index contributed by atoms with van der Waals surface area (Å²) in [5.41, 5.74) is 3.25. The number of anilines is 1. The fourth-order valence-electron chi connectivity index (χ4n) is 5.43. The Morgan fingerprint density at radius 1 is 0.905 bits per heavy atom. The maximum atomic E-state index is 12.5. The minimum atomic E-state index is -0.808. The molecule has 1 saturated heterocycles. The van der Waals surface area contributed by atoms with Crippen molar-refractivity contribution in [3.8, 4) is 5.75 Å². The predicted octanol–water partition coefficient (Wildman–Crippen LogP) is 7.17. The number of carbonyl (C=O) groups excluding carboxylic acids is 1. The molecule has 0 bridgehead atoms. The number of amides is 1. The number of likely N-dealkylation sites (tertiary alicyclic amines) is 1. The van der Waals surface area contributed by atoms with E-state index in [1.165, 1.54) is 5.56 Å². The van der Waals surface area contributed by atoms with Crippen LogP contribution in [0.3, 0.4) is 0 Å². The molecule has 4 aromatic rings. The summed E-state index contributed by atoms with van der Waals surface area (Å²) in [6.45, 7) is 6.87. The smallest absolute Gasteiger partial charge is 0.310 e. The number of piperidine rings is 1. The van der Waals surface area contributed by atoms with Gasteiger partial charge in [-0.25, -0.2) is 0 Å². The molecule has 1 aliphatic rings. The Bertz CT molecular complexity index is 1430. The van der Waals surface area contributed by atoms with E-state index in [1.807, 2.05) is 66.4 Å². The summed E-state index contributed by atoms with van der Waals surface area (Å²) in [4.78, 5) is 28.0. The number of methoxy groups -OCH3 is 1. The van der Waals surface area contributed by atoms with Gasteiger partial charge in [-0.3, -0.25) is 9.59 Å². The van der Waals surface area contributed by atoms with Crippen molar-refractivity contribution in [3.05, 3.63) is 108 Å². The molecule has 1 fully saturated rings. The van der Waals surface area contributed by atoms with Crippen LogP contribution < -0.4 is 9.64 Å². The van der Waals surface area contributed by atoms with Crippen molar-refractivity contribution < 1.29 is 19.4 Å². The van der Waals surface area contributed by atoms with Gasteiger partial charge in [-0.05, 0) is 72.4 Å². The van der Waals surface area contributed by atoms with Crippen molar-refractivity contribution in [1.29, 1.82) is 0 Å². The van der Waals surface area contributed by atoms with E-state index >= 15 is 0 Å². The lowest BCUT2D eigenvalue weighted by Crippen LogP contribution is -2.47. The van der Waals surface area contributed by atoms with Crippen molar-refractivity contribution in [2.75, 3.05) is 31.6 Å². The number of rotatable bonds is 9. The standard InChI is InChI=1S/C22H28N2O.C14H14O3/c1-2-22(25)24(20-11-7-4-8-12-20)21-14-17-23(18-15-21)16-13-19-9-5-3-6-10-19;1-9(14(15)16)10-3-4-12-8-13(17-2)6-5-11(12)7-10/h3-12,21H,2,13-18H2,1H3;3-9H,1-2H3,(H,15,16). The molecule has 0 aliphatic carbocycles. The third-order valence-corrected chi connectivity index (χ3v) is 8.03. The topological polar surface area (TPSA) is 70.1 Å². The highest BCUT2D eigenvalue weighted by Crippen LogP contribution is 2.26. The number of aliphatic carboxylic acids is 1. The molecular formula is C36H42N2O4. The van der Waals surface area contributed by atoms with Gasteiger partial charge in [0.15, 0.2) is 0 Å². The molecule has 0 aromatic heterocycles. The Morgan fingerprint density at radius 3 is 2.14 bits per heavy atom. The second kappa shape index (κ2) is 15.2. The van der Waals surface area contributed by atoms with Gasteiger partial charge in [-0.15, -0.1) is 0 Å². The first-order valence-electron chi connectivity index (χ1n) is 14.8. The lowest BCUT2D eigenvalue weighted by Gasteiger charge is -2.38. The predicted molar refractivity (Wildman–Crippen MR) is 170 cm³/mol. The molecule has 1 amide bonds. The van der Waals surface area contributed by atoms with Gasteiger partial charge >= 0.3 is 5.97 Å². The monoisotopic (exact) mass is 566 g/mol. The summed E-state index contributed by atoms with van der Waals surface area (Å²) in [7, 11) is 1.63. The van der Waals surface area contributed by atoms with Crippen LogP contribution in [0.15, 0.2) is 97.1 Å². The van der Waals surface area contributed by atoms with E-state index in [4.69, 9.17) is 9.84 Å². The molecule has 0 radical (unpaired) electrons. The van der Waals surface area contributed by atoms with Gasteiger partial charge in [0.1, 0.15) is 5.75 Å². The van der Waals surface area contributed by atoms with Crippen LogP contribution in [0.1, 0.15) is 50.2 Å². The van der Waals surface area contributed by atoms with E-state index in [0.29, 0.717) is 12.5 Å². The normalized spacial score (nSPS) is 14.5. The van der Waals surface area contributed by atoms with E-state index < -0.39 is 11.9 Å².